The van der Waals surface area contributed by atoms with E-state index in [1.54, 1.807) is 36.0 Å². The highest BCUT2D eigenvalue weighted by Gasteiger charge is 2.20. The van der Waals surface area contributed by atoms with E-state index < -0.39 is 5.91 Å². The van der Waals surface area contributed by atoms with Crippen molar-refractivity contribution in [1.82, 2.24) is 9.78 Å². The second-order valence-electron chi connectivity index (χ2n) is 7.84. The number of hydrogen-bond donors (Lipinski definition) is 2. The second kappa shape index (κ2) is 8.51. The summed E-state index contributed by atoms with van der Waals surface area (Å²) in [5.41, 5.74) is 12.1. The fourth-order valence-corrected chi connectivity index (χ4v) is 3.75. The van der Waals surface area contributed by atoms with Crippen LogP contribution in [0.5, 0.6) is 0 Å². The van der Waals surface area contributed by atoms with Crippen molar-refractivity contribution in [2.45, 2.75) is 20.8 Å². The van der Waals surface area contributed by atoms with Gasteiger partial charge in [0, 0.05) is 23.0 Å². The van der Waals surface area contributed by atoms with Crippen LogP contribution < -0.4 is 11.1 Å². The summed E-state index contributed by atoms with van der Waals surface area (Å²) in [5, 5.41) is 7.68. The zero-order chi connectivity index (χ0) is 22.8. The van der Waals surface area contributed by atoms with Gasteiger partial charge in [0.05, 0.1) is 11.3 Å². The summed E-state index contributed by atoms with van der Waals surface area (Å²) in [6.45, 7) is 5.83. The van der Waals surface area contributed by atoms with Crippen molar-refractivity contribution in [1.29, 1.82) is 0 Å². The molecule has 0 atom stereocenters. The van der Waals surface area contributed by atoms with Gasteiger partial charge in [0.2, 0.25) is 5.91 Å². The standard InChI is InChI=1S/C26H24N4O2/c1-16-9-11-21(17(2)13-16)24-23(15-30(29-24)20-7-5-4-6-8-20)26(32)28-19-10-12-22(25(27)31)18(3)14-19/h4-15H,1-3H3,(H2,27,31)(H,28,32). The lowest BCUT2D eigenvalue weighted by Crippen LogP contribution is -2.15. The van der Waals surface area contributed by atoms with E-state index in [0.717, 1.165) is 22.4 Å². The first-order chi connectivity index (χ1) is 15.3. The van der Waals surface area contributed by atoms with Crippen LogP contribution in [0.4, 0.5) is 5.69 Å². The van der Waals surface area contributed by atoms with E-state index in [1.807, 2.05) is 56.3 Å². The third-order valence-electron chi connectivity index (χ3n) is 5.37. The zero-order valence-electron chi connectivity index (χ0n) is 18.2. The number of para-hydroxylation sites is 1. The molecule has 0 aliphatic carbocycles. The molecule has 0 aliphatic rings. The van der Waals surface area contributed by atoms with E-state index in [0.29, 0.717) is 28.1 Å². The Kier molecular flexibility index (Phi) is 5.60. The first-order valence-electron chi connectivity index (χ1n) is 10.3. The number of amides is 2. The lowest BCUT2D eigenvalue weighted by Gasteiger charge is -2.09. The van der Waals surface area contributed by atoms with Gasteiger partial charge in [-0.25, -0.2) is 4.68 Å². The predicted molar refractivity (Wildman–Crippen MR) is 126 cm³/mol. The van der Waals surface area contributed by atoms with Gasteiger partial charge in [0.15, 0.2) is 0 Å². The molecule has 0 aliphatic heterocycles. The van der Waals surface area contributed by atoms with Crippen LogP contribution in [0.25, 0.3) is 16.9 Å². The quantitative estimate of drug-likeness (QED) is 0.481. The van der Waals surface area contributed by atoms with Crippen molar-refractivity contribution >= 4 is 17.5 Å². The third-order valence-corrected chi connectivity index (χ3v) is 5.37. The van der Waals surface area contributed by atoms with Crippen LogP contribution in [0.3, 0.4) is 0 Å². The number of nitrogens with zero attached hydrogens (tertiary/aromatic N) is 2. The molecule has 160 valence electrons. The normalized spacial score (nSPS) is 10.7. The Bertz CT molecular complexity index is 1320. The topological polar surface area (TPSA) is 90.0 Å². The van der Waals surface area contributed by atoms with Gasteiger partial charge < -0.3 is 11.1 Å². The van der Waals surface area contributed by atoms with Gasteiger partial charge >= 0.3 is 0 Å². The number of aryl methyl sites for hydroxylation is 3. The van der Waals surface area contributed by atoms with Crippen molar-refractivity contribution < 1.29 is 9.59 Å². The van der Waals surface area contributed by atoms with E-state index in [2.05, 4.69) is 11.4 Å². The highest BCUT2D eigenvalue weighted by molar-refractivity contribution is 6.08. The molecule has 0 spiro atoms. The summed E-state index contributed by atoms with van der Waals surface area (Å²) in [6.07, 6.45) is 1.74. The van der Waals surface area contributed by atoms with Crippen molar-refractivity contribution in [3.05, 3.63) is 101 Å². The molecule has 0 fully saturated rings. The fraction of sp³-hybridized carbons (Fsp3) is 0.115. The van der Waals surface area contributed by atoms with E-state index in [9.17, 15) is 9.59 Å². The lowest BCUT2D eigenvalue weighted by atomic mass is 10.0. The van der Waals surface area contributed by atoms with Crippen LogP contribution >= 0.6 is 0 Å². The fourth-order valence-electron chi connectivity index (χ4n) is 3.75. The Morgan fingerprint density at radius 2 is 1.62 bits per heavy atom. The summed E-state index contributed by atoms with van der Waals surface area (Å²) in [5.74, 6) is -0.782. The molecule has 4 aromatic rings. The summed E-state index contributed by atoms with van der Waals surface area (Å²) in [4.78, 5) is 24.8. The molecule has 0 saturated carbocycles. The van der Waals surface area contributed by atoms with Gasteiger partial charge in [-0.15, -0.1) is 0 Å². The summed E-state index contributed by atoms with van der Waals surface area (Å²) in [6, 6.07) is 20.8. The van der Waals surface area contributed by atoms with Gasteiger partial charge in [0.1, 0.15) is 5.69 Å². The Morgan fingerprint density at radius 3 is 2.28 bits per heavy atom. The maximum absolute atomic E-state index is 13.3. The first kappa shape index (κ1) is 21.1. The van der Waals surface area contributed by atoms with E-state index in [4.69, 9.17) is 10.8 Å². The number of benzene rings is 3. The monoisotopic (exact) mass is 424 g/mol. The Morgan fingerprint density at radius 1 is 0.875 bits per heavy atom. The molecule has 0 unspecified atom stereocenters. The van der Waals surface area contributed by atoms with Crippen LogP contribution in [-0.2, 0) is 0 Å². The number of carbonyl (C=O) groups is 2. The number of anilines is 1. The maximum atomic E-state index is 13.3. The molecule has 3 N–H and O–H groups in total. The lowest BCUT2D eigenvalue weighted by molar-refractivity contribution is 0.0997. The van der Waals surface area contributed by atoms with Crippen molar-refractivity contribution in [2.24, 2.45) is 5.73 Å². The highest BCUT2D eigenvalue weighted by Crippen LogP contribution is 2.28. The molecule has 2 amide bonds. The summed E-state index contributed by atoms with van der Waals surface area (Å²) < 4.78 is 1.71. The zero-order valence-corrected chi connectivity index (χ0v) is 18.2. The van der Waals surface area contributed by atoms with Crippen LogP contribution in [-0.4, -0.2) is 21.6 Å². The number of carbonyl (C=O) groups excluding carboxylic acids is 2. The van der Waals surface area contributed by atoms with Crippen LogP contribution in [0.1, 0.15) is 37.4 Å². The SMILES string of the molecule is Cc1ccc(-c2nn(-c3ccccc3)cc2C(=O)Nc2ccc(C(N)=O)c(C)c2)c(C)c1. The van der Waals surface area contributed by atoms with Gasteiger partial charge in [-0.05, 0) is 62.2 Å². The highest BCUT2D eigenvalue weighted by atomic mass is 16.2. The molecule has 1 heterocycles. The molecular weight excluding hydrogens is 400 g/mol. The van der Waals surface area contributed by atoms with Gasteiger partial charge in [-0.2, -0.15) is 5.10 Å². The Hall–Kier alpha value is -4.19. The van der Waals surface area contributed by atoms with E-state index in [1.165, 1.54) is 0 Å². The minimum Gasteiger partial charge on any atom is -0.366 e. The molecule has 6 nitrogen and oxygen atoms in total. The second-order valence-corrected chi connectivity index (χ2v) is 7.84. The van der Waals surface area contributed by atoms with Crippen molar-refractivity contribution in [3.8, 4) is 16.9 Å². The molecule has 4 rings (SSSR count). The number of hydrogen-bond acceptors (Lipinski definition) is 3. The molecule has 0 radical (unpaired) electrons. The average molecular weight is 425 g/mol. The minimum absolute atomic E-state index is 0.284. The number of nitrogens with two attached hydrogens (primary N) is 1. The molecule has 0 bridgehead atoms. The van der Waals surface area contributed by atoms with Crippen molar-refractivity contribution in [3.63, 3.8) is 0 Å². The molecule has 1 aromatic heterocycles. The smallest absolute Gasteiger partial charge is 0.259 e. The van der Waals surface area contributed by atoms with Crippen molar-refractivity contribution in [2.75, 3.05) is 5.32 Å². The number of nitrogens with one attached hydrogen (secondary N) is 1. The molecule has 6 heteroatoms. The van der Waals surface area contributed by atoms with Gasteiger partial charge in [-0.3, -0.25) is 9.59 Å². The van der Waals surface area contributed by atoms with E-state index >= 15 is 0 Å². The van der Waals surface area contributed by atoms with Crippen LogP contribution in [0.15, 0.2) is 72.9 Å². The molecule has 32 heavy (non-hydrogen) atoms. The number of aromatic nitrogens is 2. The Balaban J connectivity index is 1.76. The molecular formula is C26H24N4O2. The minimum atomic E-state index is -0.498. The number of rotatable bonds is 5. The molecule has 3 aromatic carbocycles. The summed E-state index contributed by atoms with van der Waals surface area (Å²) in [7, 11) is 0. The van der Waals surface area contributed by atoms with Gasteiger partial charge in [-0.1, -0.05) is 42.0 Å². The predicted octanol–water partition coefficient (Wildman–Crippen LogP) is 4.82. The van der Waals surface area contributed by atoms with Crippen LogP contribution in [0.2, 0.25) is 0 Å². The Labute approximate surface area is 186 Å². The van der Waals surface area contributed by atoms with E-state index in [-0.39, 0.29) is 5.91 Å². The number of primary amides is 1. The van der Waals surface area contributed by atoms with Crippen LogP contribution in [0, 0.1) is 20.8 Å². The third kappa shape index (κ3) is 4.16. The van der Waals surface area contributed by atoms with Gasteiger partial charge in [0.25, 0.3) is 5.91 Å². The largest absolute Gasteiger partial charge is 0.366 e. The maximum Gasteiger partial charge on any atom is 0.259 e. The molecule has 0 saturated heterocycles. The summed E-state index contributed by atoms with van der Waals surface area (Å²) >= 11 is 0. The first-order valence-corrected chi connectivity index (χ1v) is 10.3. The average Bonchev–Trinajstić information content (AvgIpc) is 3.19.